The maximum absolute atomic E-state index is 11.6. The molecule has 13 heavy (non-hydrogen) atoms. The van der Waals surface area contributed by atoms with Crippen LogP contribution < -0.4 is 5.73 Å². The van der Waals surface area contributed by atoms with Crippen molar-refractivity contribution in [2.24, 2.45) is 17.6 Å². The molecule has 1 saturated carbocycles. The zero-order valence-electron chi connectivity index (χ0n) is 8.36. The van der Waals surface area contributed by atoms with Gasteiger partial charge in [-0.3, -0.25) is 0 Å². The highest BCUT2D eigenvalue weighted by atomic mass is 32.2. The molecule has 0 heterocycles. The van der Waals surface area contributed by atoms with Gasteiger partial charge >= 0.3 is 0 Å². The predicted octanol–water partition coefficient (Wildman–Crippen LogP) is 0.795. The van der Waals surface area contributed by atoms with Crippen molar-refractivity contribution in [3.05, 3.63) is 0 Å². The Labute approximate surface area is 80.6 Å². The highest BCUT2D eigenvalue weighted by Gasteiger charge is 2.36. The van der Waals surface area contributed by atoms with Gasteiger partial charge in [0.05, 0.1) is 5.25 Å². The Morgan fingerprint density at radius 1 is 1.38 bits per heavy atom. The standard InChI is InChI=1S/C9H19NO2S/c1-3-13(11,12)9-4-7(2)8(5-9)6-10/h7-9H,3-6,10H2,1-2H3/t7-,8-,9+/m0/s1. The van der Waals surface area contributed by atoms with Gasteiger partial charge in [-0.25, -0.2) is 8.42 Å². The van der Waals surface area contributed by atoms with Gasteiger partial charge in [-0.15, -0.1) is 0 Å². The fourth-order valence-electron chi connectivity index (χ4n) is 2.13. The lowest BCUT2D eigenvalue weighted by Gasteiger charge is -2.10. The summed E-state index contributed by atoms with van der Waals surface area (Å²) in [6, 6.07) is 0. The first-order chi connectivity index (χ1) is 6.01. The van der Waals surface area contributed by atoms with Crippen molar-refractivity contribution in [3.63, 3.8) is 0 Å². The number of hydrogen-bond donors (Lipinski definition) is 1. The van der Waals surface area contributed by atoms with Crippen LogP contribution in [0.15, 0.2) is 0 Å². The van der Waals surface area contributed by atoms with Gasteiger partial charge in [0.15, 0.2) is 9.84 Å². The van der Waals surface area contributed by atoms with Crippen LogP contribution in [-0.4, -0.2) is 26.0 Å². The fourth-order valence-corrected chi connectivity index (χ4v) is 3.74. The van der Waals surface area contributed by atoms with E-state index in [0.717, 1.165) is 12.8 Å². The summed E-state index contributed by atoms with van der Waals surface area (Å²) in [5, 5.41) is -0.124. The monoisotopic (exact) mass is 205 g/mol. The van der Waals surface area contributed by atoms with Crippen LogP contribution in [0, 0.1) is 11.8 Å². The van der Waals surface area contributed by atoms with Crippen molar-refractivity contribution in [2.75, 3.05) is 12.3 Å². The molecule has 0 saturated heterocycles. The largest absolute Gasteiger partial charge is 0.330 e. The first kappa shape index (κ1) is 11.0. The molecule has 0 aliphatic heterocycles. The summed E-state index contributed by atoms with van der Waals surface area (Å²) < 4.78 is 23.1. The van der Waals surface area contributed by atoms with Crippen LogP contribution >= 0.6 is 0 Å². The molecule has 0 radical (unpaired) electrons. The fraction of sp³-hybridized carbons (Fsp3) is 1.00. The van der Waals surface area contributed by atoms with E-state index in [-0.39, 0.29) is 11.0 Å². The Hall–Kier alpha value is -0.0900. The number of rotatable bonds is 3. The van der Waals surface area contributed by atoms with Crippen LogP contribution in [0.2, 0.25) is 0 Å². The summed E-state index contributed by atoms with van der Waals surface area (Å²) in [6.07, 6.45) is 1.58. The van der Waals surface area contributed by atoms with Crippen LogP contribution in [0.3, 0.4) is 0 Å². The van der Waals surface area contributed by atoms with Gasteiger partial charge in [-0.1, -0.05) is 13.8 Å². The zero-order chi connectivity index (χ0) is 10.1. The Bertz CT molecular complexity index is 261. The normalized spacial score (nSPS) is 35.2. The van der Waals surface area contributed by atoms with Crippen molar-refractivity contribution in [1.29, 1.82) is 0 Å². The zero-order valence-corrected chi connectivity index (χ0v) is 9.18. The summed E-state index contributed by atoms with van der Waals surface area (Å²) in [6.45, 7) is 4.44. The third-order valence-corrected chi connectivity index (χ3v) is 5.42. The molecule has 4 heteroatoms. The molecule has 78 valence electrons. The Morgan fingerprint density at radius 2 is 2.00 bits per heavy atom. The lowest BCUT2D eigenvalue weighted by Crippen LogP contribution is -2.21. The molecular weight excluding hydrogens is 186 g/mol. The molecule has 1 aliphatic rings. The van der Waals surface area contributed by atoms with Crippen LogP contribution in [0.5, 0.6) is 0 Å². The van der Waals surface area contributed by atoms with E-state index in [4.69, 9.17) is 5.73 Å². The van der Waals surface area contributed by atoms with E-state index in [0.29, 0.717) is 18.4 Å². The molecule has 0 aromatic heterocycles. The van der Waals surface area contributed by atoms with Crippen molar-refractivity contribution in [1.82, 2.24) is 0 Å². The minimum absolute atomic E-state index is 0.124. The lowest BCUT2D eigenvalue weighted by molar-refractivity contribution is 0.429. The Balaban J connectivity index is 2.68. The molecule has 0 unspecified atom stereocenters. The smallest absolute Gasteiger partial charge is 0.152 e. The number of hydrogen-bond acceptors (Lipinski definition) is 3. The minimum atomic E-state index is -2.83. The summed E-state index contributed by atoms with van der Waals surface area (Å²) in [5.41, 5.74) is 5.58. The van der Waals surface area contributed by atoms with E-state index in [1.54, 1.807) is 6.92 Å². The quantitative estimate of drug-likeness (QED) is 0.741. The molecule has 0 spiro atoms. The maximum Gasteiger partial charge on any atom is 0.152 e. The highest BCUT2D eigenvalue weighted by Crippen LogP contribution is 2.34. The summed E-state index contributed by atoms with van der Waals surface area (Å²) in [4.78, 5) is 0. The first-order valence-corrected chi connectivity index (χ1v) is 6.64. The van der Waals surface area contributed by atoms with E-state index in [9.17, 15) is 8.42 Å². The molecule has 0 aromatic rings. The van der Waals surface area contributed by atoms with Crippen LogP contribution in [0.4, 0.5) is 0 Å². The van der Waals surface area contributed by atoms with Crippen molar-refractivity contribution < 1.29 is 8.42 Å². The predicted molar refractivity (Wildman–Crippen MR) is 54.2 cm³/mol. The van der Waals surface area contributed by atoms with Gasteiger partial charge in [0.1, 0.15) is 0 Å². The van der Waals surface area contributed by atoms with Gasteiger partial charge in [-0.2, -0.15) is 0 Å². The van der Waals surface area contributed by atoms with E-state index in [1.807, 2.05) is 0 Å². The third kappa shape index (κ3) is 2.23. The number of nitrogens with two attached hydrogens (primary N) is 1. The molecule has 1 rings (SSSR count). The maximum atomic E-state index is 11.6. The van der Waals surface area contributed by atoms with Gasteiger partial charge in [0.2, 0.25) is 0 Å². The second-order valence-corrected chi connectivity index (χ2v) is 6.59. The average Bonchev–Trinajstić information content (AvgIpc) is 2.47. The minimum Gasteiger partial charge on any atom is -0.330 e. The average molecular weight is 205 g/mol. The highest BCUT2D eigenvalue weighted by molar-refractivity contribution is 7.92. The van der Waals surface area contributed by atoms with Gasteiger partial charge < -0.3 is 5.73 Å². The van der Waals surface area contributed by atoms with Gasteiger partial charge in [0, 0.05) is 5.75 Å². The van der Waals surface area contributed by atoms with E-state index in [2.05, 4.69) is 6.92 Å². The van der Waals surface area contributed by atoms with E-state index >= 15 is 0 Å². The second-order valence-electron chi connectivity index (χ2n) is 4.02. The second kappa shape index (κ2) is 3.96. The van der Waals surface area contributed by atoms with Gasteiger partial charge in [-0.05, 0) is 31.2 Å². The molecule has 2 N–H and O–H groups in total. The van der Waals surface area contributed by atoms with E-state index in [1.165, 1.54) is 0 Å². The Morgan fingerprint density at radius 3 is 2.38 bits per heavy atom. The molecule has 1 aliphatic carbocycles. The summed E-state index contributed by atoms with van der Waals surface area (Å²) >= 11 is 0. The molecule has 0 bridgehead atoms. The third-order valence-electron chi connectivity index (χ3n) is 3.22. The number of sulfone groups is 1. The van der Waals surface area contributed by atoms with Crippen LogP contribution in [0.1, 0.15) is 26.7 Å². The summed E-state index contributed by atoms with van der Waals surface area (Å²) in [7, 11) is -2.83. The molecule has 0 aromatic carbocycles. The van der Waals surface area contributed by atoms with Crippen LogP contribution in [-0.2, 0) is 9.84 Å². The SMILES string of the molecule is CCS(=O)(=O)[C@H]1C[C@@H](CN)[C@@H](C)C1. The van der Waals surface area contributed by atoms with E-state index < -0.39 is 9.84 Å². The molecule has 3 atom stereocenters. The molecule has 0 amide bonds. The van der Waals surface area contributed by atoms with Gasteiger partial charge in [0.25, 0.3) is 0 Å². The van der Waals surface area contributed by atoms with Crippen LogP contribution in [0.25, 0.3) is 0 Å². The molecule has 1 fully saturated rings. The van der Waals surface area contributed by atoms with Crippen molar-refractivity contribution in [3.8, 4) is 0 Å². The topological polar surface area (TPSA) is 60.2 Å². The molecular formula is C9H19NO2S. The summed E-state index contributed by atoms with van der Waals surface area (Å²) in [5.74, 6) is 1.14. The molecule has 3 nitrogen and oxygen atoms in total. The Kier molecular flexibility index (Phi) is 3.35. The lowest BCUT2D eigenvalue weighted by atomic mass is 9.99. The first-order valence-electron chi connectivity index (χ1n) is 4.92. The van der Waals surface area contributed by atoms with Crippen molar-refractivity contribution >= 4 is 9.84 Å². The van der Waals surface area contributed by atoms with Crippen molar-refractivity contribution in [2.45, 2.75) is 31.9 Å².